The fourth-order valence-electron chi connectivity index (χ4n) is 3.00. The van der Waals surface area contributed by atoms with Gasteiger partial charge in [-0.1, -0.05) is 56.7 Å². The Morgan fingerprint density at radius 3 is 2.13 bits per heavy atom. The molecule has 0 saturated heterocycles. The predicted octanol–water partition coefficient (Wildman–Crippen LogP) is 5.89. The molecule has 0 fully saturated rings. The molecule has 0 radical (unpaired) electrons. The lowest BCUT2D eigenvalue weighted by atomic mass is 10.1. The first-order valence-electron chi connectivity index (χ1n) is 13.7. The maximum atomic E-state index is 12.3. The molecule has 0 aliphatic rings. The zero-order valence-corrected chi connectivity index (χ0v) is 25.0. The van der Waals surface area contributed by atoms with Crippen LogP contribution in [0.2, 0.25) is 0 Å². The number of unbranched alkanes of at least 4 members (excludes halogenated alkanes) is 3. The van der Waals surface area contributed by atoms with Crippen LogP contribution in [0.5, 0.6) is 0 Å². The summed E-state index contributed by atoms with van der Waals surface area (Å²) >= 11 is 0. The summed E-state index contributed by atoms with van der Waals surface area (Å²) in [5.74, 6) is -0.904. The van der Waals surface area contributed by atoms with Gasteiger partial charge in [-0.3, -0.25) is 18.6 Å². The highest BCUT2D eigenvalue weighted by molar-refractivity contribution is 7.47. The first-order valence-corrected chi connectivity index (χ1v) is 15.2. The van der Waals surface area contributed by atoms with Crippen molar-refractivity contribution in [3.63, 3.8) is 0 Å². The second-order valence-corrected chi connectivity index (χ2v) is 11.5. The number of carbonyl (C=O) groups is 2. The van der Waals surface area contributed by atoms with Crippen LogP contribution in [0.1, 0.15) is 78.1 Å². The van der Waals surface area contributed by atoms with Crippen molar-refractivity contribution in [2.75, 3.05) is 47.5 Å². The number of rotatable bonds is 23. The van der Waals surface area contributed by atoms with Crippen LogP contribution in [0.4, 0.5) is 0 Å². The van der Waals surface area contributed by atoms with E-state index in [4.69, 9.17) is 18.5 Å². The average molecular weight is 561 g/mol. The molecule has 0 amide bonds. The summed E-state index contributed by atoms with van der Waals surface area (Å²) in [7, 11) is 1.44. The fraction of sp³-hybridized carbons (Fsp3) is 0.714. The molecule has 0 spiro atoms. The average Bonchev–Trinajstić information content (AvgIpc) is 2.83. The molecule has 0 aromatic heterocycles. The van der Waals surface area contributed by atoms with E-state index in [9.17, 15) is 19.0 Å². The topological polar surface area (TPSA) is 108 Å². The largest absolute Gasteiger partial charge is 0.472 e. The second-order valence-electron chi connectivity index (χ2n) is 10.0. The number of ether oxygens (including phenoxy) is 2. The summed E-state index contributed by atoms with van der Waals surface area (Å²) in [6.45, 7) is 3.82. The molecular weight excluding hydrogens is 509 g/mol. The van der Waals surface area contributed by atoms with E-state index in [-0.39, 0.29) is 26.1 Å². The fourth-order valence-corrected chi connectivity index (χ4v) is 3.74. The highest BCUT2D eigenvalue weighted by Crippen LogP contribution is 2.43. The van der Waals surface area contributed by atoms with Crippen LogP contribution >= 0.6 is 7.82 Å². The lowest BCUT2D eigenvalue weighted by Gasteiger charge is -2.24. The van der Waals surface area contributed by atoms with Gasteiger partial charge in [0, 0.05) is 12.8 Å². The SMILES string of the molecule is CC/C=C\C/C=C\C/C=C\CCCCCC(=O)OC(COC(=O)CCC)COP(=O)(O)OCC[N+](C)(C)C. The van der Waals surface area contributed by atoms with E-state index in [2.05, 4.69) is 43.4 Å². The van der Waals surface area contributed by atoms with Gasteiger partial charge in [0.2, 0.25) is 0 Å². The lowest BCUT2D eigenvalue weighted by molar-refractivity contribution is -0.870. The Kier molecular flexibility index (Phi) is 21.1. The van der Waals surface area contributed by atoms with Gasteiger partial charge in [0.1, 0.15) is 19.8 Å². The van der Waals surface area contributed by atoms with Crippen molar-refractivity contribution in [3.8, 4) is 0 Å². The summed E-state index contributed by atoms with van der Waals surface area (Å²) in [4.78, 5) is 34.0. The Balaban J connectivity index is 4.40. The van der Waals surface area contributed by atoms with E-state index in [0.29, 0.717) is 23.9 Å². The van der Waals surface area contributed by atoms with Gasteiger partial charge in [-0.15, -0.1) is 0 Å². The number of carbonyl (C=O) groups excluding carboxylic acids is 2. The molecule has 0 rings (SSSR count). The van der Waals surface area contributed by atoms with Crippen molar-refractivity contribution >= 4 is 19.8 Å². The summed E-state index contributed by atoms with van der Waals surface area (Å²) < 4.78 is 33.3. The van der Waals surface area contributed by atoms with E-state index in [1.54, 1.807) is 0 Å². The van der Waals surface area contributed by atoms with Crippen molar-refractivity contribution in [1.82, 2.24) is 0 Å². The number of phosphoric acid groups is 1. The molecule has 38 heavy (non-hydrogen) atoms. The Hall–Kier alpha value is -1.77. The molecular formula is C28H51NO8P+. The lowest BCUT2D eigenvalue weighted by Crippen LogP contribution is -2.37. The maximum absolute atomic E-state index is 12.3. The normalized spacial score (nSPS) is 14.8. The zero-order valence-electron chi connectivity index (χ0n) is 24.1. The van der Waals surface area contributed by atoms with E-state index >= 15 is 0 Å². The van der Waals surface area contributed by atoms with Crippen LogP contribution in [-0.4, -0.2) is 74.9 Å². The Morgan fingerprint density at radius 1 is 0.842 bits per heavy atom. The minimum absolute atomic E-state index is 0.0236. The molecule has 2 atom stereocenters. The van der Waals surface area contributed by atoms with Crippen molar-refractivity contribution in [3.05, 3.63) is 36.5 Å². The quantitative estimate of drug-likeness (QED) is 0.0542. The van der Waals surface area contributed by atoms with Crippen molar-refractivity contribution in [1.29, 1.82) is 0 Å². The molecule has 0 bridgehead atoms. The number of esters is 2. The predicted molar refractivity (Wildman–Crippen MR) is 150 cm³/mol. The molecule has 2 unspecified atom stereocenters. The Labute approximate surface area is 230 Å². The monoisotopic (exact) mass is 560 g/mol. The van der Waals surface area contributed by atoms with Crippen LogP contribution in [0.15, 0.2) is 36.5 Å². The van der Waals surface area contributed by atoms with E-state index in [0.717, 1.165) is 38.5 Å². The summed E-state index contributed by atoms with van der Waals surface area (Å²) in [6.07, 6.45) is 19.4. The molecule has 0 aliphatic heterocycles. The molecule has 9 nitrogen and oxygen atoms in total. The van der Waals surface area contributed by atoms with Gasteiger partial charge < -0.3 is 18.9 Å². The summed E-state index contributed by atoms with van der Waals surface area (Å²) in [6, 6.07) is 0. The first-order chi connectivity index (χ1) is 18.0. The number of phosphoric ester groups is 1. The molecule has 220 valence electrons. The van der Waals surface area contributed by atoms with Crippen molar-refractivity contribution in [2.45, 2.75) is 84.2 Å². The van der Waals surface area contributed by atoms with Crippen LogP contribution < -0.4 is 0 Å². The molecule has 0 aliphatic carbocycles. The number of likely N-dealkylation sites (N-methyl/N-ethyl adjacent to an activating group) is 1. The van der Waals surface area contributed by atoms with Gasteiger partial charge >= 0.3 is 19.8 Å². The van der Waals surface area contributed by atoms with Gasteiger partial charge in [-0.25, -0.2) is 4.57 Å². The molecule has 0 saturated carbocycles. The minimum Gasteiger partial charge on any atom is -0.462 e. The number of allylic oxidation sites excluding steroid dienone is 6. The number of nitrogens with zero attached hydrogens (tertiary/aromatic N) is 1. The van der Waals surface area contributed by atoms with Crippen LogP contribution in [0, 0.1) is 0 Å². The molecule has 10 heteroatoms. The van der Waals surface area contributed by atoms with E-state index in [1.807, 2.05) is 28.1 Å². The Morgan fingerprint density at radius 2 is 1.50 bits per heavy atom. The van der Waals surface area contributed by atoms with Crippen LogP contribution in [0.25, 0.3) is 0 Å². The van der Waals surface area contributed by atoms with Gasteiger partial charge in [0.15, 0.2) is 6.10 Å². The third kappa shape index (κ3) is 24.6. The summed E-state index contributed by atoms with van der Waals surface area (Å²) in [5, 5.41) is 0. The zero-order chi connectivity index (χ0) is 28.7. The number of quaternary nitrogens is 1. The first kappa shape index (κ1) is 36.2. The number of hydrogen-bond donors (Lipinski definition) is 1. The number of hydrogen-bond acceptors (Lipinski definition) is 7. The second kappa shape index (κ2) is 22.1. The standard InChI is InChI=1S/C28H50NO8P/c1-6-8-9-10-11-12-13-14-15-16-17-18-19-21-28(31)37-26(24-34-27(30)20-7-2)25-36-38(32,33)35-23-22-29(3,4)5/h8-9,11-12,14-15,26H,6-7,10,13,16-25H2,1-5H3/p+1/b9-8-,12-11-,15-14-. The van der Waals surface area contributed by atoms with Gasteiger partial charge in [0.05, 0.1) is 27.7 Å². The highest BCUT2D eigenvalue weighted by atomic mass is 31.2. The molecule has 1 N–H and O–H groups in total. The third-order valence-electron chi connectivity index (χ3n) is 5.15. The van der Waals surface area contributed by atoms with Crippen LogP contribution in [-0.2, 0) is 32.7 Å². The van der Waals surface area contributed by atoms with Gasteiger partial charge in [0.25, 0.3) is 0 Å². The van der Waals surface area contributed by atoms with Gasteiger partial charge in [-0.2, -0.15) is 0 Å². The molecule has 0 aromatic carbocycles. The molecule has 0 heterocycles. The Bertz CT molecular complexity index is 773. The summed E-state index contributed by atoms with van der Waals surface area (Å²) in [5.41, 5.74) is 0. The van der Waals surface area contributed by atoms with Gasteiger partial charge in [-0.05, 0) is 44.9 Å². The van der Waals surface area contributed by atoms with Crippen LogP contribution in [0.3, 0.4) is 0 Å². The molecule has 0 aromatic rings. The highest BCUT2D eigenvalue weighted by Gasteiger charge is 2.26. The smallest absolute Gasteiger partial charge is 0.462 e. The van der Waals surface area contributed by atoms with E-state index < -0.39 is 32.5 Å². The minimum atomic E-state index is -4.34. The maximum Gasteiger partial charge on any atom is 0.472 e. The van der Waals surface area contributed by atoms with E-state index in [1.165, 1.54) is 0 Å². The van der Waals surface area contributed by atoms with Crippen molar-refractivity contribution in [2.24, 2.45) is 0 Å². The van der Waals surface area contributed by atoms with Crippen molar-refractivity contribution < 1.29 is 42.1 Å². The third-order valence-corrected chi connectivity index (χ3v) is 6.14.